The van der Waals surface area contributed by atoms with E-state index < -0.39 is 0 Å². The summed E-state index contributed by atoms with van der Waals surface area (Å²) in [6.45, 7) is 4.25. The van der Waals surface area contributed by atoms with E-state index in [1.165, 1.54) is 25.3 Å². The van der Waals surface area contributed by atoms with Gasteiger partial charge in [-0.15, -0.1) is 0 Å². The van der Waals surface area contributed by atoms with Crippen molar-refractivity contribution in [2.75, 3.05) is 5.73 Å². The van der Waals surface area contributed by atoms with Crippen LogP contribution in [0.3, 0.4) is 0 Å². The van der Waals surface area contributed by atoms with Crippen molar-refractivity contribution in [2.45, 2.75) is 45.6 Å². The molecule has 1 aromatic heterocycles. The number of hydrogen-bond acceptors (Lipinski definition) is 2. The number of nitrogen functional groups attached to an aromatic ring is 1. The lowest BCUT2D eigenvalue weighted by Crippen LogP contribution is -2.12. The smallest absolute Gasteiger partial charge is 0.266 e. The first kappa shape index (κ1) is 10.9. The highest BCUT2D eigenvalue weighted by atomic mass is 16.1. The van der Waals surface area contributed by atoms with Gasteiger partial charge in [-0.2, -0.15) is 0 Å². The van der Waals surface area contributed by atoms with E-state index in [0.29, 0.717) is 5.82 Å². The van der Waals surface area contributed by atoms with Crippen LogP contribution in [0.5, 0.6) is 0 Å². The largest absolute Gasteiger partial charge is 0.384 e. The highest BCUT2D eigenvalue weighted by Crippen LogP contribution is 2.16. The minimum atomic E-state index is -0.121. The highest BCUT2D eigenvalue weighted by molar-refractivity contribution is 5.26. The Balaban J connectivity index is 2.55. The number of aromatic amines is 1. The van der Waals surface area contributed by atoms with E-state index >= 15 is 0 Å². The number of hydrogen-bond donors (Lipinski definition) is 2. The molecule has 0 unspecified atom stereocenters. The molecule has 0 spiro atoms. The molecule has 0 saturated heterocycles. The standard InChI is InChI=1S/C10H19N3O/c1-3-4-5-6-8(2)13-9(11)7-10(14)12-13/h7-8H,3-6,11H2,1-2H3,(H,12,14)/t8-/m1/s1. The van der Waals surface area contributed by atoms with Crippen LogP contribution in [0.15, 0.2) is 10.9 Å². The second-order valence-corrected chi connectivity index (χ2v) is 3.76. The normalized spacial score (nSPS) is 13.0. The molecule has 0 fully saturated rings. The molecule has 0 radical (unpaired) electrons. The van der Waals surface area contributed by atoms with Crippen LogP contribution < -0.4 is 11.3 Å². The molecule has 0 aliphatic rings. The summed E-state index contributed by atoms with van der Waals surface area (Å²) < 4.78 is 1.75. The molecule has 0 aliphatic heterocycles. The first-order chi connectivity index (χ1) is 6.65. The molecule has 0 aromatic carbocycles. The van der Waals surface area contributed by atoms with Crippen LogP contribution in [0.25, 0.3) is 0 Å². The Labute approximate surface area is 84.1 Å². The van der Waals surface area contributed by atoms with Gasteiger partial charge in [0, 0.05) is 12.1 Å². The Kier molecular flexibility index (Phi) is 3.80. The van der Waals surface area contributed by atoms with E-state index in [-0.39, 0.29) is 11.6 Å². The monoisotopic (exact) mass is 197 g/mol. The van der Waals surface area contributed by atoms with Gasteiger partial charge >= 0.3 is 0 Å². The fourth-order valence-electron chi connectivity index (χ4n) is 1.60. The lowest BCUT2D eigenvalue weighted by molar-refractivity contribution is 0.442. The van der Waals surface area contributed by atoms with Crippen LogP contribution in [0, 0.1) is 0 Å². The van der Waals surface area contributed by atoms with Crippen molar-refractivity contribution in [3.05, 3.63) is 16.4 Å². The maximum absolute atomic E-state index is 11.0. The van der Waals surface area contributed by atoms with Crippen LogP contribution in [-0.4, -0.2) is 9.78 Å². The van der Waals surface area contributed by atoms with Gasteiger partial charge in [0.15, 0.2) is 0 Å². The van der Waals surface area contributed by atoms with Gasteiger partial charge in [0.2, 0.25) is 0 Å². The molecule has 3 N–H and O–H groups in total. The summed E-state index contributed by atoms with van der Waals surface area (Å²) in [5.74, 6) is 0.527. The average Bonchev–Trinajstić information content (AvgIpc) is 2.45. The molecule has 14 heavy (non-hydrogen) atoms. The summed E-state index contributed by atoms with van der Waals surface area (Å²) in [5, 5.41) is 2.71. The van der Waals surface area contributed by atoms with Crippen LogP contribution in [0.4, 0.5) is 5.82 Å². The number of H-pyrrole nitrogens is 1. The first-order valence-corrected chi connectivity index (χ1v) is 5.22. The number of nitrogens with two attached hydrogens (primary N) is 1. The van der Waals surface area contributed by atoms with Crippen molar-refractivity contribution in [3.8, 4) is 0 Å². The maximum atomic E-state index is 11.0. The number of nitrogens with one attached hydrogen (secondary N) is 1. The predicted molar refractivity (Wildman–Crippen MR) is 58.3 cm³/mol. The van der Waals surface area contributed by atoms with Gasteiger partial charge in [0.05, 0.1) is 0 Å². The Hall–Kier alpha value is -1.19. The third kappa shape index (κ3) is 2.65. The number of aromatic nitrogens is 2. The van der Waals surface area contributed by atoms with Crippen molar-refractivity contribution in [1.29, 1.82) is 0 Å². The van der Waals surface area contributed by atoms with Gasteiger partial charge in [-0.3, -0.25) is 14.6 Å². The van der Waals surface area contributed by atoms with Gasteiger partial charge < -0.3 is 5.73 Å². The summed E-state index contributed by atoms with van der Waals surface area (Å²) >= 11 is 0. The number of nitrogens with zero attached hydrogens (tertiary/aromatic N) is 1. The van der Waals surface area contributed by atoms with E-state index in [9.17, 15) is 4.79 Å². The van der Waals surface area contributed by atoms with E-state index in [1.807, 2.05) is 0 Å². The number of rotatable bonds is 5. The summed E-state index contributed by atoms with van der Waals surface area (Å²) in [7, 11) is 0. The number of anilines is 1. The Bertz CT molecular complexity index is 326. The topological polar surface area (TPSA) is 63.8 Å². The van der Waals surface area contributed by atoms with Gasteiger partial charge in [0.1, 0.15) is 5.82 Å². The molecule has 1 heterocycles. The average molecular weight is 197 g/mol. The molecule has 1 atom stereocenters. The fourth-order valence-corrected chi connectivity index (χ4v) is 1.60. The van der Waals surface area contributed by atoms with Crippen LogP contribution in [0.1, 0.15) is 45.6 Å². The summed E-state index contributed by atoms with van der Waals surface area (Å²) in [6.07, 6.45) is 4.68. The lowest BCUT2D eigenvalue weighted by atomic mass is 10.1. The second-order valence-electron chi connectivity index (χ2n) is 3.76. The minimum absolute atomic E-state index is 0.121. The third-order valence-electron chi connectivity index (χ3n) is 2.45. The lowest BCUT2D eigenvalue weighted by Gasteiger charge is -2.14. The highest BCUT2D eigenvalue weighted by Gasteiger charge is 2.07. The first-order valence-electron chi connectivity index (χ1n) is 5.22. The van der Waals surface area contributed by atoms with Gasteiger partial charge in [0.25, 0.3) is 5.56 Å². The molecule has 0 aliphatic carbocycles. The van der Waals surface area contributed by atoms with Crippen molar-refractivity contribution in [1.82, 2.24) is 9.78 Å². The minimum Gasteiger partial charge on any atom is -0.384 e. The summed E-state index contributed by atoms with van der Waals surface area (Å²) in [4.78, 5) is 11.0. The Morgan fingerprint density at radius 1 is 1.57 bits per heavy atom. The van der Waals surface area contributed by atoms with Gasteiger partial charge in [-0.05, 0) is 13.3 Å². The Morgan fingerprint density at radius 2 is 2.29 bits per heavy atom. The summed E-state index contributed by atoms with van der Waals surface area (Å²) in [5.41, 5.74) is 5.56. The molecule has 4 heteroatoms. The maximum Gasteiger partial charge on any atom is 0.266 e. The molecular weight excluding hydrogens is 178 g/mol. The van der Waals surface area contributed by atoms with Crippen LogP contribution in [0.2, 0.25) is 0 Å². The van der Waals surface area contributed by atoms with Gasteiger partial charge in [-0.1, -0.05) is 26.2 Å². The molecule has 0 saturated carbocycles. The third-order valence-corrected chi connectivity index (χ3v) is 2.45. The van der Waals surface area contributed by atoms with E-state index in [1.54, 1.807) is 4.68 Å². The fraction of sp³-hybridized carbons (Fsp3) is 0.700. The van der Waals surface area contributed by atoms with Gasteiger partial charge in [-0.25, -0.2) is 0 Å². The van der Waals surface area contributed by atoms with Crippen molar-refractivity contribution in [3.63, 3.8) is 0 Å². The zero-order valence-corrected chi connectivity index (χ0v) is 8.92. The quantitative estimate of drug-likeness (QED) is 0.708. The second kappa shape index (κ2) is 4.88. The van der Waals surface area contributed by atoms with Crippen molar-refractivity contribution in [2.24, 2.45) is 0 Å². The zero-order chi connectivity index (χ0) is 10.6. The molecular formula is C10H19N3O. The summed E-state index contributed by atoms with van der Waals surface area (Å²) in [6, 6.07) is 1.71. The van der Waals surface area contributed by atoms with E-state index in [4.69, 9.17) is 5.73 Å². The molecule has 0 bridgehead atoms. The van der Waals surface area contributed by atoms with Crippen molar-refractivity contribution < 1.29 is 0 Å². The SMILES string of the molecule is CCCCC[C@@H](C)n1[nH]c(=O)cc1N. The molecule has 1 rings (SSSR count). The molecule has 0 amide bonds. The van der Waals surface area contributed by atoms with Crippen molar-refractivity contribution >= 4 is 5.82 Å². The molecule has 80 valence electrons. The molecule has 1 aromatic rings. The van der Waals surface area contributed by atoms with Crippen LogP contribution in [-0.2, 0) is 0 Å². The predicted octanol–water partition coefficient (Wildman–Crippen LogP) is 1.90. The number of unbranched alkanes of at least 4 members (excludes halogenated alkanes) is 2. The van der Waals surface area contributed by atoms with E-state index in [2.05, 4.69) is 18.9 Å². The molecule has 4 nitrogen and oxygen atoms in total. The van der Waals surface area contributed by atoms with E-state index in [0.717, 1.165) is 6.42 Å². The Morgan fingerprint density at radius 3 is 2.79 bits per heavy atom. The van der Waals surface area contributed by atoms with Crippen LogP contribution >= 0.6 is 0 Å². The zero-order valence-electron chi connectivity index (χ0n) is 8.92.